The number of sulfone groups is 1. The molecular formula is C26H30FNO4S. The number of nitrogen functional groups attached to an aromatic ring is 1. The van der Waals surface area contributed by atoms with Crippen LogP contribution in [0.5, 0.6) is 11.5 Å². The fourth-order valence-corrected chi connectivity index (χ4v) is 5.01. The molecule has 5 nitrogen and oxygen atoms in total. The first-order valence-corrected chi connectivity index (χ1v) is 12.9. The van der Waals surface area contributed by atoms with Crippen LogP contribution in [0, 0.1) is 5.82 Å². The first-order chi connectivity index (χ1) is 15.7. The number of anilines is 1. The van der Waals surface area contributed by atoms with E-state index in [-0.39, 0.29) is 17.5 Å². The normalized spacial score (nSPS) is 12.4. The van der Waals surface area contributed by atoms with Gasteiger partial charge in [0.05, 0.1) is 19.5 Å². The summed E-state index contributed by atoms with van der Waals surface area (Å²) in [5.74, 6) is 0.499. The highest BCUT2D eigenvalue weighted by molar-refractivity contribution is 7.90. The van der Waals surface area contributed by atoms with Gasteiger partial charge in [-0.05, 0) is 53.8 Å². The van der Waals surface area contributed by atoms with E-state index in [9.17, 15) is 12.8 Å². The Hall–Kier alpha value is -3.06. The van der Waals surface area contributed by atoms with Crippen molar-refractivity contribution in [3.8, 4) is 11.5 Å². The third kappa shape index (κ3) is 6.48. The summed E-state index contributed by atoms with van der Waals surface area (Å²) in [5, 5.41) is 0. The molecule has 7 heteroatoms. The third-order valence-electron chi connectivity index (χ3n) is 5.55. The quantitative estimate of drug-likeness (QED) is 0.431. The van der Waals surface area contributed by atoms with Crippen molar-refractivity contribution < 1.29 is 22.3 Å². The Bertz CT molecular complexity index is 1210. The van der Waals surface area contributed by atoms with Gasteiger partial charge in [-0.25, -0.2) is 12.8 Å². The predicted molar refractivity (Wildman–Crippen MR) is 130 cm³/mol. The van der Waals surface area contributed by atoms with Gasteiger partial charge in [0, 0.05) is 24.3 Å². The van der Waals surface area contributed by atoms with Gasteiger partial charge in [-0.2, -0.15) is 0 Å². The van der Waals surface area contributed by atoms with E-state index < -0.39 is 9.84 Å². The SMILES string of the molecule is CCOc1cc([C@H](Cc2cccc(Cc3ccccc3F)c2N)CS(C)(=O)=O)ccc1OC. The zero-order valence-electron chi connectivity index (χ0n) is 19.2. The number of benzene rings is 3. The second-order valence-corrected chi connectivity index (χ2v) is 10.3. The van der Waals surface area contributed by atoms with E-state index in [4.69, 9.17) is 15.2 Å². The Balaban J connectivity index is 1.96. The Labute approximate surface area is 195 Å². The van der Waals surface area contributed by atoms with E-state index >= 15 is 0 Å². The van der Waals surface area contributed by atoms with Crippen LogP contribution in [0.15, 0.2) is 60.7 Å². The minimum Gasteiger partial charge on any atom is -0.493 e. The molecule has 1 atom stereocenters. The lowest BCUT2D eigenvalue weighted by Crippen LogP contribution is -2.17. The molecule has 3 aromatic rings. The number of hydrogen-bond donors (Lipinski definition) is 1. The second kappa shape index (κ2) is 10.7. The molecule has 3 aromatic carbocycles. The standard InChI is InChI=1S/C26H30FNO4S/c1-4-32-25-16-18(12-13-24(25)31-2)22(17-33(3,29)30)15-21-10-7-9-20(26(21)28)14-19-8-5-6-11-23(19)27/h5-13,16,22H,4,14-15,17,28H2,1-3H3/t22-/m1/s1. The van der Waals surface area contributed by atoms with Gasteiger partial charge >= 0.3 is 0 Å². The van der Waals surface area contributed by atoms with Crippen LogP contribution in [-0.2, 0) is 22.7 Å². The highest BCUT2D eigenvalue weighted by Crippen LogP contribution is 2.34. The molecule has 2 N–H and O–H groups in total. The van der Waals surface area contributed by atoms with Crippen LogP contribution in [-0.4, -0.2) is 34.1 Å². The molecule has 0 heterocycles. The maximum Gasteiger partial charge on any atom is 0.161 e. The molecule has 33 heavy (non-hydrogen) atoms. The topological polar surface area (TPSA) is 78.6 Å². The Morgan fingerprint density at radius 3 is 2.33 bits per heavy atom. The first kappa shape index (κ1) is 24.6. The maximum atomic E-state index is 14.2. The van der Waals surface area contributed by atoms with Crippen molar-refractivity contribution in [2.45, 2.75) is 25.7 Å². The first-order valence-electron chi connectivity index (χ1n) is 10.8. The van der Waals surface area contributed by atoms with Gasteiger partial charge in [0.15, 0.2) is 11.5 Å². The third-order valence-corrected chi connectivity index (χ3v) is 6.56. The molecule has 0 aromatic heterocycles. The molecule has 0 aliphatic heterocycles. The number of hydrogen-bond acceptors (Lipinski definition) is 5. The van der Waals surface area contributed by atoms with Gasteiger partial charge < -0.3 is 15.2 Å². The van der Waals surface area contributed by atoms with E-state index in [0.29, 0.717) is 42.2 Å². The largest absolute Gasteiger partial charge is 0.493 e. The second-order valence-electron chi connectivity index (χ2n) is 8.09. The molecule has 0 unspecified atom stereocenters. The monoisotopic (exact) mass is 471 g/mol. The van der Waals surface area contributed by atoms with Crippen LogP contribution in [0.25, 0.3) is 0 Å². The molecule has 3 rings (SSSR count). The Morgan fingerprint density at radius 2 is 1.67 bits per heavy atom. The maximum absolute atomic E-state index is 14.2. The molecule has 0 radical (unpaired) electrons. The molecule has 176 valence electrons. The van der Waals surface area contributed by atoms with Gasteiger partial charge in [-0.1, -0.05) is 42.5 Å². The molecule has 0 aliphatic carbocycles. The van der Waals surface area contributed by atoms with Crippen molar-refractivity contribution >= 4 is 15.5 Å². The number of halogens is 1. The highest BCUT2D eigenvalue weighted by atomic mass is 32.2. The van der Waals surface area contributed by atoms with Gasteiger partial charge in [0.2, 0.25) is 0 Å². The summed E-state index contributed by atoms with van der Waals surface area (Å²) in [5.41, 5.74) is 10.0. The zero-order chi connectivity index (χ0) is 24.0. The fourth-order valence-electron chi connectivity index (χ4n) is 3.96. The average Bonchev–Trinajstić information content (AvgIpc) is 2.76. The summed E-state index contributed by atoms with van der Waals surface area (Å²) in [6.45, 7) is 2.34. The van der Waals surface area contributed by atoms with Gasteiger partial charge in [-0.3, -0.25) is 0 Å². The van der Waals surface area contributed by atoms with Crippen molar-refractivity contribution in [1.82, 2.24) is 0 Å². The summed E-state index contributed by atoms with van der Waals surface area (Å²) >= 11 is 0. The number of rotatable bonds is 10. The van der Waals surface area contributed by atoms with Crippen molar-refractivity contribution in [2.75, 3.05) is 31.5 Å². The summed E-state index contributed by atoms with van der Waals surface area (Å²) < 4.78 is 49.7. The average molecular weight is 472 g/mol. The van der Waals surface area contributed by atoms with Crippen molar-refractivity contribution in [2.24, 2.45) is 0 Å². The lowest BCUT2D eigenvalue weighted by molar-refractivity contribution is 0.310. The summed E-state index contributed by atoms with van der Waals surface area (Å²) in [6, 6.07) is 17.7. The smallest absolute Gasteiger partial charge is 0.161 e. The van der Waals surface area contributed by atoms with Crippen LogP contribution < -0.4 is 15.2 Å². The lowest BCUT2D eigenvalue weighted by atomic mass is 9.90. The molecule has 0 saturated carbocycles. The van der Waals surface area contributed by atoms with E-state index in [2.05, 4.69) is 0 Å². The van der Waals surface area contributed by atoms with E-state index in [1.54, 1.807) is 31.4 Å². The van der Waals surface area contributed by atoms with Crippen molar-refractivity contribution in [1.29, 1.82) is 0 Å². The van der Waals surface area contributed by atoms with Crippen LogP contribution in [0.1, 0.15) is 35.1 Å². The molecule has 0 amide bonds. The Kier molecular flexibility index (Phi) is 7.97. The number of ether oxygens (including phenoxy) is 2. The highest BCUT2D eigenvalue weighted by Gasteiger charge is 2.22. The summed E-state index contributed by atoms with van der Waals surface area (Å²) in [6.07, 6.45) is 2.01. The van der Waals surface area contributed by atoms with Crippen LogP contribution in [0.3, 0.4) is 0 Å². The molecule has 0 bridgehead atoms. The molecule has 0 fully saturated rings. The van der Waals surface area contributed by atoms with Gasteiger partial charge in [0.1, 0.15) is 15.7 Å². The summed E-state index contributed by atoms with van der Waals surface area (Å²) in [4.78, 5) is 0. The molecular weight excluding hydrogens is 441 g/mol. The minimum absolute atomic E-state index is 0.0398. The van der Waals surface area contributed by atoms with E-state index in [1.165, 1.54) is 12.3 Å². The van der Waals surface area contributed by atoms with Crippen LogP contribution >= 0.6 is 0 Å². The van der Waals surface area contributed by atoms with Crippen molar-refractivity contribution in [3.05, 3.63) is 88.7 Å². The number of para-hydroxylation sites is 1. The lowest BCUT2D eigenvalue weighted by Gasteiger charge is -2.21. The number of nitrogens with two attached hydrogens (primary N) is 1. The summed E-state index contributed by atoms with van der Waals surface area (Å²) in [7, 11) is -1.71. The molecule has 0 saturated heterocycles. The van der Waals surface area contributed by atoms with Crippen molar-refractivity contribution in [3.63, 3.8) is 0 Å². The molecule has 0 aliphatic rings. The minimum atomic E-state index is -3.27. The van der Waals surface area contributed by atoms with Gasteiger partial charge in [0.25, 0.3) is 0 Å². The van der Waals surface area contributed by atoms with E-state index in [1.807, 2.05) is 37.3 Å². The van der Waals surface area contributed by atoms with Gasteiger partial charge in [-0.15, -0.1) is 0 Å². The van der Waals surface area contributed by atoms with E-state index in [0.717, 1.165) is 16.7 Å². The van der Waals surface area contributed by atoms with Crippen LogP contribution in [0.4, 0.5) is 10.1 Å². The molecule has 0 spiro atoms. The Morgan fingerprint density at radius 1 is 0.970 bits per heavy atom. The fraction of sp³-hybridized carbons (Fsp3) is 0.308. The zero-order valence-corrected chi connectivity index (χ0v) is 20.0. The predicted octanol–water partition coefficient (Wildman–Crippen LogP) is 4.78. The number of methoxy groups -OCH3 is 1. The van der Waals surface area contributed by atoms with Crippen LogP contribution in [0.2, 0.25) is 0 Å².